The van der Waals surface area contributed by atoms with Gasteiger partial charge in [-0.2, -0.15) is 8.78 Å². The van der Waals surface area contributed by atoms with E-state index in [1.807, 2.05) is 0 Å². The van der Waals surface area contributed by atoms with Crippen LogP contribution in [0.15, 0.2) is 48.6 Å². The van der Waals surface area contributed by atoms with Crippen LogP contribution >= 0.6 is 0 Å². The minimum absolute atomic E-state index is 0.0301. The first-order valence-corrected chi connectivity index (χ1v) is 9.89. The van der Waals surface area contributed by atoms with Crippen LogP contribution < -0.4 is 4.74 Å². The summed E-state index contributed by atoms with van der Waals surface area (Å²) < 4.78 is 44.3. The molecular formula is C23H28F2O5. The third-order valence-electron chi connectivity index (χ3n) is 5.02. The van der Waals surface area contributed by atoms with E-state index in [2.05, 4.69) is 13.2 Å². The Morgan fingerprint density at radius 3 is 2.03 bits per heavy atom. The highest BCUT2D eigenvalue weighted by atomic mass is 19.3. The zero-order valence-corrected chi connectivity index (χ0v) is 17.4. The summed E-state index contributed by atoms with van der Waals surface area (Å²) in [6, 6.07) is 6.01. The van der Waals surface area contributed by atoms with Gasteiger partial charge in [0, 0.05) is 11.1 Å². The summed E-state index contributed by atoms with van der Waals surface area (Å²) in [6.45, 7) is 10.4. The Hall–Kier alpha value is -2.70. The third kappa shape index (κ3) is 6.97. The fourth-order valence-electron chi connectivity index (χ4n) is 3.15. The summed E-state index contributed by atoms with van der Waals surface area (Å²) in [5.74, 6) is -1.74. The number of halogens is 2. The lowest BCUT2D eigenvalue weighted by atomic mass is 9.81. The van der Waals surface area contributed by atoms with E-state index < -0.39 is 24.0 Å². The quantitative estimate of drug-likeness (QED) is 0.404. The van der Waals surface area contributed by atoms with Crippen molar-refractivity contribution in [1.29, 1.82) is 0 Å². The first-order valence-electron chi connectivity index (χ1n) is 9.89. The van der Waals surface area contributed by atoms with Crippen LogP contribution in [0.1, 0.15) is 45.1 Å². The van der Waals surface area contributed by atoms with Crippen molar-refractivity contribution in [1.82, 2.24) is 0 Å². The summed E-state index contributed by atoms with van der Waals surface area (Å²) in [6.07, 6.45) is -1.64. The molecule has 0 spiro atoms. The van der Waals surface area contributed by atoms with Gasteiger partial charge in [0.15, 0.2) is 0 Å². The number of hydrogen-bond acceptors (Lipinski definition) is 5. The van der Waals surface area contributed by atoms with E-state index in [1.165, 1.54) is 12.1 Å². The first-order chi connectivity index (χ1) is 14.1. The topological polar surface area (TPSA) is 61.8 Å². The standard InChI is InChI=1S/C23H28F2O5/c1-15(2)21(26)28-13-17-5-9-19(10-6-17)23(24,25)30-20-11-7-18(8-12-20)14-29-22(27)16(3)4/h7-8,11-12,17,19H,1,3,5-6,9-10,13-14H2,2,4H3. The van der Waals surface area contributed by atoms with Gasteiger partial charge >= 0.3 is 18.0 Å². The Morgan fingerprint density at radius 1 is 0.967 bits per heavy atom. The van der Waals surface area contributed by atoms with Crippen LogP contribution in [-0.2, 0) is 25.7 Å². The van der Waals surface area contributed by atoms with Gasteiger partial charge in [0.05, 0.1) is 12.5 Å². The minimum Gasteiger partial charge on any atom is -0.462 e. The fraction of sp³-hybridized carbons (Fsp3) is 0.478. The van der Waals surface area contributed by atoms with E-state index in [0.29, 0.717) is 29.6 Å². The molecule has 1 saturated carbocycles. The number of rotatable bonds is 9. The third-order valence-corrected chi connectivity index (χ3v) is 5.02. The highest BCUT2D eigenvalue weighted by molar-refractivity contribution is 5.87. The Bertz CT molecular complexity index is 777. The van der Waals surface area contributed by atoms with Crippen LogP contribution in [0.25, 0.3) is 0 Å². The Morgan fingerprint density at radius 2 is 1.50 bits per heavy atom. The molecule has 1 fully saturated rings. The first kappa shape index (κ1) is 23.6. The summed E-state index contributed by atoms with van der Waals surface area (Å²) in [5, 5.41) is 0. The SMILES string of the molecule is C=C(C)C(=O)OCc1ccc(OC(F)(F)C2CCC(COC(=O)C(=C)C)CC2)cc1. The number of hydrogen-bond donors (Lipinski definition) is 0. The van der Waals surface area contributed by atoms with Crippen molar-refractivity contribution in [3.8, 4) is 5.75 Å². The van der Waals surface area contributed by atoms with E-state index in [-0.39, 0.29) is 37.7 Å². The van der Waals surface area contributed by atoms with Crippen molar-refractivity contribution < 1.29 is 32.6 Å². The normalized spacial score (nSPS) is 18.9. The molecule has 0 unspecified atom stereocenters. The molecular weight excluding hydrogens is 394 g/mol. The molecule has 0 N–H and O–H groups in total. The van der Waals surface area contributed by atoms with Gasteiger partial charge in [-0.1, -0.05) is 25.3 Å². The van der Waals surface area contributed by atoms with Crippen LogP contribution in [0, 0.1) is 11.8 Å². The molecule has 0 amide bonds. The van der Waals surface area contributed by atoms with Gasteiger partial charge in [-0.05, 0) is 63.1 Å². The van der Waals surface area contributed by atoms with E-state index in [1.54, 1.807) is 26.0 Å². The van der Waals surface area contributed by atoms with Crippen LogP contribution in [0.4, 0.5) is 8.78 Å². The maximum absolute atomic E-state index is 14.6. The fourth-order valence-corrected chi connectivity index (χ4v) is 3.15. The molecule has 0 atom stereocenters. The molecule has 0 bridgehead atoms. The number of benzene rings is 1. The van der Waals surface area contributed by atoms with Crippen molar-refractivity contribution in [3.05, 3.63) is 54.1 Å². The van der Waals surface area contributed by atoms with Crippen molar-refractivity contribution in [3.63, 3.8) is 0 Å². The average molecular weight is 422 g/mol. The Kier molecular flexibility index (Phi) is 8.15. The van der Waals surface area contributed by atoms with E-state index in [4.69, 9.17) is 14.2 Å². The lowest BCUT2D eigenvalue weighted by Crippen LogP contribution is -2.37. The number of alkyl halides is 2. The monoisotopic (exact) mass is 422 g/mol. The van der Waals surface area contributed by atoms with Gasteiger partial charge < -0.3 is 14.2 Å². The highest BCUT2D eigenvalue weighted by Crippen LogP contribution is 2.40. The van der Waals surface area contributed by atoms with Gasteiger partial charge in [0.1, 0.15) is 12.4 Å². The second-order valence-corrected chi connectivity index (χ2v) is 7.76. The minimum atomic E-state index is -3.30. The molecule has 0 radical (unpaired) electrons. The molecule has 0 heterocycles. The molecule has 7 heteroatoms. The molecule has 2 rings (SSSR count). The second-order valence-electron chi connectivity index (χ2n) is 7.76. The van der Waals surface area contributed by atoms with Gasteiger partial charge in [-0.15, -0.1) is 0 Å². The van der Waals surface area contributed by atoms with Crippen molar-refractivity contribution in [2.24, 2.45) is 11.8 Å². The molecule has 5 nitrogen and oxygen atoms in total. The van der Waals surface area contributed by atoms with Crippen LogP contribution in [-0.4, -0.2) is 24.7 Å². The predicted octanol–water partition coefficient (Wildman–Crippen LogP) is 5.20. The van der Waals surface area contributed by atoms with E-state index >= 15 is 0 Å². The second kappa shape index (κ2) is 10.4. The van der Waals surface area contributed by atoms with Crippen molar-refractivity contribution >= 4 is 11.9 Å². The maximum atomic E-state index is 14.6. The van der Waals surface area contributed by atoms with E-state index in [9.17, 15) is 18.4 Å². The van der Waals surface area contributed by atoms with Crippen molar-refractivity contribution in [2.75, 3.05) is 6.61 Å². The maximum Gasteiger partial charge on any atom is 0.400 e. The molecule has 1 aliphatic carbocycles. The number of ether oxygens (including phenoxy) is 3. The summed E-state index contributed by atoms with van der Waals surface area (Å²) in [4.78, 5) is 22.8. The number of esters is 2. The summed E-state index contributed by atoms with van der Waals surface area (Å²) in [7, 11) is 0. The smallest absolute Gasteiger partial charge is 0.400 e. The molecule has 1 aromatic carbocycles. The Labute approximate surface area is 175 Å². The molecule has 30 heavy (non-hydrogen) atoms. The van der Waals surface area contributed by atoms with E-state index in [0.717, 1.165) is 0 Å². The molecule has 0 aliphatic heterocycles. The van der Waals surface area contributed by atoms with Crippen LogP contribution in [0.5, 0.6) is 5.75 Å². The Balaban J connectivity index is 1.82. The van der Waals surface area contributed by atoms with Crippen LogP contribution in [0.2, 0.25) is 0 Å². The lowest BCUT2D eigenvalue weighted by molar-refractivity contribution is -0.224. The number of carbonyl (C=O) groups is 2. The highest BCUT2D eigenvalue weighted by Gasteiger charge is 2.44. The molecule has 164 valence electrons. The molecule has 1 aromatic rings. The largest absolute Gasteiger partial charge is 0.462 e. The number of carbonyl (C=O) groups excluding carboxylic acids is 2. The lowest BCUT2D eigenvalue weighted by Gasteiger charge is -2.33. The summed E-state index contributed by atoms with van der Waals surface area (Å²) in [5.41, 5.74) is 1.27. The molecule has 0 aromatic heterocycles. The van der Waals surface area contributed by atoms with Gasteiger partial charge in [0.25, 0.3) is 0 Å². The predicted molar refractivity (Wildman–Crippen MR) is 108 cm³/mol. The van der Waals surface area contributed by atoms with Crippen molar-refractivity contribution in [2.45, 2.75) is 52.2 Å². The van der Waals surface area contributed by atoms with Gasteiger partial charge in [0.2, 0.25) is 0 Å². The summed E-state index contributed by atoms with van der Waals surface area (Å²) >= 11 is 0. The zero-order chi connectivity index (χ0) is 22.3. The molecule has 0 saturated heterocycles. The molecule has 1 aliphatic rings. The van der Waals surface area contributed by atoms with Crippen LogP contribution in [0.3, 0.4) is 0 Å². The zero-order valence-electron chi connectivity index (χ0n) is 17.4. The van der Waals surface area contributed by atoms with Gasteiger partial charge in [-0.25, -0.2) is 9.59 Å². The average Bonchev–Trinajstić information content (AvgIpc) is 2.71. The van der Waals surface area contributed by atoms with Gasteiger partial charge in [-0.3, -0.25) is 0 Å².